The highest BCUT2D eigenvalue weighted by Crippen LogP contribution is 2.39. The summed E-state index contributed by atoms with van der Waals surface area (Å²) in [7, 11) is 2.69. The zero-order chi connectivity index (χ0) is 14.8. The Morgan fingerprint density at radius 3 is 1.71 bits per heavy atom. The van der Waals surface area contributed by atoms with Crippen molar-refractivity contribution in [1.82, 2.24) is 0 Å². The maximum atomic E-state index is 10.2. The molecule has 0 saturated carbocycles. The molecule has 0 spiro atoms. The standard InChI is InChI=1S/C18H15O2P/c19-15-9-3-1-6-12(15)13-8-5-11-17(21)18(13)14-7-2-4-10-16(14)20/h1-11,19-20H,21H2. The van der Waals surface area contributed by atoms with E-state index in [0.717, 1.165) is 27.6 Å². The molecule has 0 amide bonds. The van der Waals surface area contributed by atoms with Gasteiger partial charge in [0.15, 0.2) is 0 Å². The number of phenols is 2. The second-order valence-electron chi connectivity index (χ2n) is 4.80. The maximum absolute atomic E-state index is 10.2. The van der Waals surface area contributed by atoms with Crippen molar-refractivity contribution in [2.24, 2.45) is 0 Å². The van der Waals surface area contributed by atoms with Gasteiger partial charge in [0.25, 0.3) is 0 Å². The van der Waals surface area contributed by atoms with E-state index in [2.05, 4.69) is 9.24 Å². The Morgan fingerprint density at radius 1 is 0.571 bits per heavy atom. The van der Waals surface area contributed by atoms with E-state index < -0.39 is 0 Å². The van der Waals surface area contributed by atoms with Crippen LogP contribution in [0.5, 0.6) is 11.5 Å². The molecule has 0 aliphatic rings. The van der Waals surface area contributed by atoms with E-state index in [9.17, 15) is 10.2 Å². The molecule has 1 unspecified atom stereocenters. The van der Waals surface area contributed by atoms with Gasteiger partial charge in [0, 0.05) is 16.7 Å². The summed E-state index contributed by atoms with van der Waals surface area (Å²) >= 11 is 0. The molecule has 3 aromatic rings. The fraction of sp³-hybridized carbons (Fsp3) is 0. The number of hydrogen-bond acceptors (Lipinski definition) is 2. The van der Waals surface area contributed by atoms with Crippen LogP contribution in [0.25, 0.3) is 22.3 Å². The van der Waals surface area contributed by atoms with Crippen LogP contribution in [0.2, 0.25) is 0 Å². The summed E-state index contributed by atoms with van der Waals surface area (Å²) in [5.74, 6) is 0.453. The summed E-state index contributed by atoms with van der Waals surface area (Å²) in [6.07, 6.45) is 0. The van der Waals surface area contributed by atoms with Gasteiger partial charge < -0.3 is 10.2 Å². The van der Waals surface area contributed by atoms with E-state index in [1.165, 1.54) is 0 Å². The largest absolute Gasteiger partial charge is 0.507 e. The molecule has 3 heteroatoms. The summed E-state index contributed by atoms with van der Waals surface area (Å²) in [6.45, 7) is 0. The van der Waals surface area contributed by atoms with Gasteiger partial charge >= 0.3 is 0 Å². The lowest BCUT2D eigenvalue weighted by Crippen LogP contribution is -1.99. The van der Waals surface area contributed by atoms with Gasteiger partial charge in [-0.3, -0.25) is 0 Å². The van der Waals surface area contributed by atoms with Gasteiger partial charge in [-0.1, -0.05) is 54.6 Å². The Balaban J connectivity index is 2.32. The molecular formula is C18H15O2P. The fourth-order valence-corrected chi connectivity index (χ4v) is 2.90. The lowest BCUT2D eigenvalue weighted by Gasteiger charge is -2.15. The zero-order valence-electron chi connectivity index (χ0n) is 11.3. The molecule has 1 atom stereocenters. The van der Waals surface area contributed by atoms with Crippen LogP contribution in [0.4, 0.5) is 0 Å². The van der Waals surface area contributed by atoms with Crippen molar-refractivity contribution in [1.29, 1.82) is 0 Å². The molecule has 104 valence electrons. The van der Waals surface area contributed by atoms with Crippen molar-refractivity contribution >= 4 is 14.5 Å². The Hall–Kier alpha value is -2.31. The lowest BCUT2D eigenvalue weighted by atomic mass is 9.93. The molecule has 2 nitrogen and oxygen atoms in total. The van der Waals surface area contributed by atoms with Crippen molar-refractivity contribution in [3.8, 4) is 33.8 Å². The molecular weight excluding hydrogens is 279 g/mol. The van der Waals surface area contributed by atoms with E-state index in [4.69, 9.17) is 0 Å². The molecule has 0 aliphatic heterocycles. The molecule has 0 aromatic heterocycles. The normalized spacial score (nSPS) is 10.5. The monoisotopic (exact) mass is 294 g/mol. The van der Waals surface area contributed by atoms with Gasteiger partial charge in [-0.25, -0.2) is 0 Å². The third-order valence-corrected chi connectivity index (χ3v) is 3.95. The average molecular weight is 294 g/mol. The third kappa shape index (κ3) is 2.51. The fourth-order valence-electron chi connectivity index (χ4n) is 2.48. The van der Waals surface area contributed by atoms with Crippen LogP contribution in [0.3, 0.4) is 0 Å². The number of aromatic hydroxyl groups is 2. The first-order valence-electron chi connectivity index (χ1n) is 6.63. The lowest BCUT2D eigenvalue weighted by molar-refractivity contribution is 0.476. The number of hydrogen-bond donors (Lipinski definition) is 2. The van der Waals surface area contributed by atoms with Crippen LogP contribution in [0.15, 0.2) is 66.7 Å². The summed E-state index contributed by atoms with van der Waals surface area (Å²) in [4.78, 5) is 0. The minimum atomic E-state index is 0.226. The second-order valence-corrected chi connectivity index (χ2v) is 5.43. The quantitative estimate of drug-likeness (QED) is 0.703. The number of benzene rings is 3. The highest BCUT2D eigenvalue weighted by Gasteiger charge is 2.15. The summed E-state index contributed by atoms with van der Waals surface area (Å²) in [6, 6.07) is 20.3. The highest BCUT2D eigenvalue weighted by molar-refractivity contribution is 7.28. The second kappa shape index (κ2) is 5.59. The predicted octanol–water partition coefficient (Wildman–Crippen LogP) is 3.93. The van der Waals surface area contributed by atoms with E-state index in [1.54, 1.807) is 24.3 Å². The third-order valence-electron chi connectivity index (χ3n) is 3.46. The minimum absolute atomic E-state index is 0.226. The van der Waals surface area contributed by atoms with E-state index in [0.29, 0.717) is 0 Å². The SMILES string of the molecule is Oc1ccccc1-c1cccc(P)c1-c1ccccc1O. The Morgan fingerprint density at radius 2 is 1.10 bits per heavy atom. The topological polar surface area (TPSA) is 40.5 Å². The molecule has 3 aromatic carbocycles. The van der Waals surface area contributed by atoms with Gasteiger partial charge in [-0.15, -0.1) is 9.24 Å². The van der Waals surface area contributed by atoms with Gasteiger partial charge in [0.1, 0.15) is 11.5 Å². The van der Waals surface area contributed by atoms with E-state index >= 15 is 0 Å². The van der Waals surface area contributed by atoms with Gasteiger partial charge in [-0.2, -0.15) is 0 Å². The van der Waals surface area contributed by atoms with Crippen LogP contribution >= 0.6 is 9.24 Å². The first kappa shape index (κ1) is 13.7. The summed E-state index contributed by atoms with van der Waals surface area (Å²) in [5.41, 5.74) is 3.30. The van der Waals surface area contributed by atoms with Crippen molar-refractivity contribution in [3.63, 3.8) is 0 Å². The summed E-state index contributed by atoms with van der Waals surface area (Å²) in [5, 5.41) is 21.3. The Labute approximate surface area is 125 Å². The van der Waals surface area contributed by atoms with Gasteiger partial charge in [-0.05, 0) is 23.0 Å². The average Bonchev–Trinajstić information content (AvgIpc) is 2.49. The predicted molar refractivity (Wildman–Crippen MR) is 90.0 cm³/mol. The number of rotatable bonds is 2. The van der Waals surface area contributed by atoms with Crippen LogP contribution in [-0.2, 0) is 0 Å². The van der Waals surface area contributed by atoms with Gasteiger partial charge in [0.2, 0.25) is 0 Å². The summed E-state index contributed by atoms with van der Waals surface area (Å²) < 4.78 is 0. The molecule has 3 rings (SSSR count). The van der Waals surface area contributed by atoms with Crippen molar-refractivity contribution in [2.45, 2.75) is 0 Å². The highest BCUT2D eigenvalue weighted by atomic mass is 31.0. The van der Waals surface area contributed by atoms with Crippen molar-refractivity contribution < 1.29 is 10.2 Å². The van der Waals surface area contributed by atoms with Crippen LogP contribution in [0, 0.1) is 0 Å². The molecule has 2 N–H and O–H groups in total. The molecule has 0 saturated heterocycles. The molecule has 0 fully saturated rings. The molecule has 0 heterocycles. The minimum Gasteiger partial charge on any atom is -0.507 e. The van der Waals surface area contributed by atoms with Gasteiger partial charge in [0.05, 0.1) is 0 Å². The Kier molecular flexibility index (Phi) is 3.64. The van der Waals surface area contributed by atoms with Crippen LogP contribution < -0.4 is 5.30 Å². The first-order valence-corrected chi connectivity index (χ1v) is 7.21. The maximum Gasteiger partial charge on any atom is 0.123 e. The van der Waals surface area contributed by atoms with Crippen molar-refractivity contribution in [3.05, 3.63) is 66.7 Å². The van der Waals surface area contributed by atoms with Crippen LogP contribution in [-0.4, -0.2) is 10.2 Å². The molecule has 0 bridgehead atoms. The van der Waals surface area contributed by atoms with E-state index in [-0.39, 0.29) is 11.5 Å². The van der Waals surface area contributed by atoms with Crippen LogP contribution in [0.1, 0.15) is 0 Å². The molecule has 21 heavy (non-hydrogen) atoms. The smallest absolute Gasteiger partial charge is 0.123 e. The van der Waals surface area contributed by atoms with E-state index in [1.807, 2.05) is 42.5 Å². The zero-order valence-corrected chi connectivity index (χ0v) is 12.5. The molecule has 0 aliphatic carbocycles. The molecule has 0 radical (unpaired) electrons. The number of phenolic OH excluding ortho intramolecular Hbond substituents is 2. The van der Waals surface area contributed by atoms with Crippen molar-refractivity contribution in [2.75, 3.05) is 0 Å². The first-order chi connectivity index (χ1) is 10.2. The Bertz CT molecular complexity index is 797. The number of para-hydroxylation sites is 2.